The molecule has 23 heavy (non-hydrogen) atoms. The molecule has 4 fully saturated rings. The van der Waals surface area contributed by atoms with E-state index >= 15 is 0 Å². The highest BCUT2D eigenvalue weighted by atomic mass is 16.6. The van der Waals surface area contributed by atoms with Gasteiger partial charge in [0.05, 0.1) is 4.92 Å². The molecule has 5 rings (SSSR count). The molecule has 1 amide bonds. The zero-order valence-corrected chi connectivity index (χ0v) is 13.3. The maximum atomic E-state index is 12.5. The lowest BCUT2D eigenvalue weighted by atomic mass is 9.53. The summed E-state index contributed by atoms with van der Waals surface area (Å²) in [6.07, 6.45) is 8.51. The van der Waals surface area contributed by atoms with Gasteiger partial charge in [0.2, 0.25) is 5.91 Å². The number of carbonyl (C=O) groups is 1. The molecular weight excluding hydrogens is 296 g/mol. The summed E-state index contributed by atoms with van der Waals surface area (Å²) in [6, 6.07) is 0. The smallest absolute Gasteiger partial charge is 0.309 e. The van der Waals surface area contributed by atoms with Crippen molar-refractivity contribution < 1.29 is 9.72 Å². The quantitative estimate of drug-likeness (QED) is 0.680. The van der Waals surface area contributed by atoms with Crippen LogP contribution in [-0.2, 0) is 11.3 Å². The minimum atomic E-state index is -0.462. The Balaban J connectivity index is 1.45. The van der Waals surface area contributed by atoms with Gasteiger partial charge in [-0.3, -0.25) is 19.6 Å². The van der Waals surface area contributed by atoms with Crippen LogP contribution in [0.1, 0.15) is 44.2 Å². The number of carbonyl (C=O) groups excluding carboxylic acids is 1. The molecule has 0 aromatic carbocycles. The highest BCUT2D eigenvalue weighted by molar-refractivity contribution is 5.76. The lowest BCUT2D eigenvalue weighted by Gasteiger charge is -2.56. The van der Waals surface area contributed by atoms with E-state index < -0.39 is 4.92 Å². The zero-order valence-electron chi connectivity index (χ0n) is 13.3. The Labute approximate surface area is 134 Å². The van der Waals surface area contributed by atoms with Gasteiger partial charge in [-0.1, -0.05) is 0 Å². The van der Waals surface area contributed by atoms with Crippen molar-refractivity contribution in [3.8, 4) is 0 Å². The standard InChI is InChI=1S/C16H22N4O3/c1-10-14(20(22)23)8-17-19(10)9-15(21)18-16-5-11-2-12(6-16)4-13(3-11)7-16/h8,11-13H,2-7,9H2,1H3,(H,18,21). The molecule has 124 valence electrons. The number of hydrogen-bond acceptors (Lipinski definition) is 4. The summed E-state index contributed by atoms with van der Waals surface area (Å²) in [5.41, 5.74) is 0.363. The minimum Gasteiger partial charge on any atom is -0.349 e. The molecule has 4 aliphatic carbocycles. The van der Waals surface area contributed by atoms with E-state index in [0.29, 0.717) is 5.69 Å². The van der Waals surface area contributed by atoms with Crippen LogP contribution < -0.4 is 5.32 Å². The van der Waals surface area contributed by atoms with E-state index in [4.69, 9.17) is 0 Å². The van der Waals surface area contributed by atoms with E-state index in [9.17, 15) is 14.9 Å². The van der Waals surface area contributed by atoms with Gasteiger partial charge in [-0.25, -0.2) is 0 Å². The van der Waals surface area contributed by atoms with E-state index in [2.05, 4.69) is 10.4 Å². The van der Waals surface area contributed by atoms with E-state index in [0.717, 1.165) is 37.0 Å². The minimum absolute atomic E-state index is 0.0289. The first-order valence-electron chi connectivity index (χ1n) is 8.42. The van der Waals surface area contributed by atoms with Crippen molar-refractivity contribution >= 4 is 11.6 Å². The van der Waals surface area contributed by atoms with Gasteiger partial charge >= 0.3 is 5.69 Å². The van der Waals surface area contributed by atoms with Gasteiger partial charge in [-0.05, 0) is 63.2 Å². The molecule has 1 aromatic rings. The van der Waals surface area contributed by atoms with Crippen LogP contribution in [0.3, 0.4) is 0 Å². The molecule has 1 heterocycles. The predicted molar refractivity (Wildman–Crippen MR) is 82.7 cm³/mol. The SMILES string of the molecule is Cc1c([N+](=O)[O-])cnn1CC(=O)NC12CC3CC(CC(C3)C1)C2. The summed E-state index contributed by atoms with van der Waals surface area (Å²) in [5, 5.41) is 18.1. The van der Waals surface area contributed by atoms with Gasteiger partial charge in [-0.15, -0.1) is 0 Å². The second-order valence-corrected chi connectivity index (χ2v) is 7.78. The van der Waals surface area contributed by atoms with Crippen LogP contribution in [-0.4, -0.2) is 26.1 Å². The number of rotatable bonds is 4. The van der Waals surface area contributed by atoms with Crippen LogP contribution in [0.15, 0.2) is 6.20 Å². The second kappa shape index (κ2) is 5.04. The highest BCUT2D eigenvalue weighted by Crippen LogP contribution is 2.55. The van der Waals surface area contributed by atoms with Crippen molar-refractivity contribution in [1.29, 1.82) is 0 Å². The van der Waals surface area contributed by atoms with Crippen LogP contribution in [0.25, 0.3) is 0 Å². The average Bonchev–Trinajstić information content (AvgIpc) is 2.77. The summed E-state index contributed by atoms with van der Waals surface area (Å²) < 4.78 is 1.42. The molecule has 0 saturated heterocycles. The van der Waals surface area contributed by atoms with Gasteiger partial charge in [0.15, 0.2) is 0 Å². The van der Waals surface area contributed by atoms with Crippen LogP contribution >= 0.6 is 0 Å². The summed E-state index contributed by atoms with van der Waals surface area (Å²) in [4.78, 5) is 22.9. The van der Waals surface area contributed by atoms with Gasteiger partial charge in [-0.2, -0.15) is 5.10 Å². The van der Waals surface area contributed by atoms with E-state index in [1.165, 1.54) is 30.1 Å². The van der Waals surface area contributed by atoms with E-state index in [-0.39, 0.29) is 23.7 Å². The lowest BCUT2D eigenvalue weighted by Crippen LogP contribution is -2.60. The highest BCUT2D eigenvalue weighted by Gasteiger charge is 2.51. The number of nitrogens with one attached hydrogen (secondary N) is 1. The molecule has 4 saturated carbocycles. The molecule has 0 radical (unpaired) electrons. The molecule has 0 aliphatic heterocycles. The fourth-order valence-electron chi connectivity index (χ4n) is 5.51. The zero-order chi connectivity index (χ0) is 16.2. The molecule has 0 spiro atoms. The third-order valence-electron chi connectivity index (χ3n) is 6.01. The Morgan fingerprint density at radius 2 is 1.91 bits per heavy atom. The molecule has 1 aromatic heterocycles. The summed E-state index contributed by atoms with van der Waals surface area (Å²) in [6.45, 7) is 1.69. The Hall–Kier alpha value is -1.92. The van der Waals surface area contributed by atoms with Crippen molar-refractivity contribution in [2.75, 3.05) is 0 Å². The van der Waals surface area contributed by atoms with Crippen molar-refractivity contribution in [1.82, 2.24) is 15.1 Å². The maximum absolute atomic E-state index is 12.5. The molecular formula is C16H22N4O3. The molecule has 0 atom stereocenters. The summed E-state index contributed by atoms with van der Waals surface area (Å²) >= 11 is 0. The summed E-state index contributed by atoms with van der Waals surface area (Å²) in [7, 11) is 0. The van der Waals surface area contributed by atoms with E-state index in [1.807, 2.05) is 0 Å². The fourth-order valence-corrected chi connectivity index (χ4v) is 5.51. The fraction of sp³-hybridized carbons (Fsp3) is 0.750. The topological polar surface area (TPSA) is 90.1 Å². The first-order valence-corrected chi connectivity index (χ1v) is 8.42. The Kier molecular flexibility index (Phi) is 3.21. The van der Waals surface area contributed by atoms with Crippen LogP contribution in [0, 0.1) is 34.8 Å². The first-order chi connectivity index (χ1) is 10.9. The Morgan fingerprint density at radius 3 is 2.39 bits per heavy atom. The number of nitrogens with zero attached hydrogens (tertiary/aromatic N) is 3. The third-order valence-corrected chi connectivity index (χ3v) is 6.01. The molecule has 7 heteroatoms. The average molecular weight is 318 g/mol. The van der Waals surface area contributed by atoms with Crippen LogP contribution in [0.2, 0.25) is 0 Å². The molecule has 7 nitrogen and oxygen atoms in total. The number of amides is 1. The molecule has 4 bridgehead atoms. The number of aromatic nitrogens is 2. The van der Waals surface area contributed by atoms with Gasteiger partial charge in [0.25, 0.3) is 0 Å². The van der Waals surface area contributed by atoms with Gasteiger partial charge < -0.3 is 5.32 Å². The van der Waals surface area contributed by atoms with Crippen LogP contribution in [0.4, 0.5) is 5.69 Å². The molecule has 1 N–H and O–H groups in total. The number of hydrogen-bond donors (Lipinski definition) is 1. The van der Waals surface area contributed by atoms with Crippen LogP contribution in [0.5, 0.6) is 0 Å². The molecule has 4 aliphatic rings. The second-order valence-electron chi connectivity index (χ2n) is 7.78. The maximum Gasteiger partial charge on any atom is 0.309 e. The first kappa shape index (κ1) is 14.7. The predicted octanol–water partition coefficient (Wildman–Crippen LogP) is 2.18. The Bertz CT molecular complexity index is 631. The largest absolute Gasteiger partial charge is 0.349 e. The lowest BCUT2D eigenvalue weighted by molar-refractivity contribution is -0.385. The van der Waals surface area contributed by atoms with Gasteiger partial charge in [0, 0.05) is 5.54 Å². The Morgan fingerprint density at radius 1 is 1.35 bits per heavy atom. The van der Waals surface area contributed by atoms with E-state index in [1.54, 1.807) is 6.92 Å². The van der Waals surface area contributed by atoms with Crippen molar-refractivity contribution in [3.63, 3.8) is 0 Å². The van der Waals surface area contributed by atoms with Crippen molar-refractivity contribution in [2.45, 2.75) is 57.5 Å². The summed E-state index contributed by atoms with van der Waals surface area (Å²) in [5.74, 6) is 2.24. The monoisotopic (exact) mass is 318 g/mol. The number of nitro groups is 1. The molecule has 0 unspecified atom stereocenters. The van der Waals surface area contributed by atoms with Crippen molar-refractivity contribution in [3.05, 3.63) is 22.0 Å². The van der Waals surface area contributed by atoms with Crippen molar-refractivity contribution in [2.24, 2.45) is 17.8 Å². The van der Waals surface area contributed by atoms with Gasteiger partial charge in [0.1, 0.15) is 18.4 Å². The third kappa shape index (κ3) is 2.52. The normalized spacial score (nSPS) is 34.6.